The molecule has 0 aliphatic heterocycles. The second kappa shape index (κ2) is 6.95. The molecule has 5 heteroatoms. The smallest absolute Gasteiger partial charge is 0.211 e. The fraction of sp³-hybridized carbons (Fsp3) is 0.250. The lowest BCUT2D eigenvalue weighted by atomic mass is 10.2. The van der Waals surface area contributed by atoms with Crippen LogP contribution in [0.3, 0.4) is 0 Å². The number of para-hydroxylation sites is 2. The zero-order valence-corrected chi connectivity index (χ0v) is 12.3. The number of ether oxygens (including phenoxy) is 3. The molecular weight excluding hydrogens is 273 g/mol. The summed E-state index contributed by atoms with van der Waals surface area (Å²) in [5.41, 5.74) is 0.713. The Balaban J connectivity index is 2.47. The standard InChI is InChI=1S/C16H18FNO3/c1-18-10-11-6-4-7-12(17)15(11)21-16-13(19-2)8-5-9-14(16)20-3/h4-9,18H,10H2,1-3H3. The summed E-state index contributed by atoms with van der Waals surface area (Å²) in [4.78, 5) is 0. The van der Waals surface area contributed by atoms with Gasteiger partial charge in [0, 0.05) is 12.1 Å². The molecule has 0 aromatic heterocycles. The van der Waals surface area contributed by atoms with Gasteiger partial charge in [0.25, 0.3) is 0 Å². The molecule has 0 amide bonds. The van der Waals surface area contributed by atoms with Crippen LogP contribution in [0.25, 0.3) is 0 Å². The Labute approximate surface area is 123 Å². The number of methoxy groups -OCH3 is 2. The van der Waals surface area contributed by atoms with E-state index in [9.17, 15) is 4.39 Å². The second-order valence-electron chi connectivity index (χ2n) is 4.35. The fourth-order valence-electron chi connectivity index (χ4n) is 2.02. The summed E-state index contributed by atoms with van der Waals surface area (Å²) in [7, 11) is 4.84. The molecule has 0 radical (unpaired) electrons. The molecule has 0 aliphatic rings. The Morgan fingerprint density at radius 1 is 0.952 bits per heavy atom. The van der Waals surface area contributed by atoms with E-state index >= 15 is 0 Å². The molecule has 0 saturated heterocycles. The fourth-order valence-corrected chi connectivity index (χ4v) is 2.02. The van der Waals surface area contributed by atoms with Crippen molar-refractivity contribution in [2.75, 3.05) is 21.3 Å². The molecule has 0 spiro atoms. The average molecular weight is 291 g/mol. The maximum Gasteiger partial charge on any atom is 0.211 e. The number of hydrogen-bond donors (Lipinski definition) is 1. The number of halogens is 1. The van der Waals surface area contributed by atoms with Gasteiger partial charge in [0.05, 0.1) is 14.2 Å². The van der Waals surface area contributed by atoms with Crippen molar-refractivity contribution in [3.63, 3.8) is 0 Å². The van der Waals surface area contributed by atoms with Crippen LogP contribution >= 0.6 is 0 Å². The van der Waals surface area contributed by atoms with E-state index in [1.807, 2.05) is 0 Å². The van der Waals surface area contributed by atoms with Gasteiger partial charge < -0.3 is 19.5 Å². The molecule has 21 heavy (non-hydrogen) atoms. The summed E-state index contributed by atoms with van der Waals surface area (Å²) in [6.07, 6.45) is 0. The highest BCUT2D eigenvalue weighted by Crippen LogP contribution is 2.41. The lowest BCUT2D eigenvalue weighted by Crippen LogP contribution is -2.07. The zero-order valence-electron chi connectivity index (χ0n) is 12.3. The van der Waals surface area contributed by atoms with Gasteiger partial charge >= 0.3 is 0 Å². The third kappa shape index (κ3) is 3.25. The van der Waals surface area contributed by atoms with Gasteiger partial charge in [0.15, 0.2) is 23.1 Å². The first-order chi connectivity index (χ1) is 10.2. The number of nitrogens with one attached hydrogen (secondary N) is 1. The van der Waals surface area contributed by atoms with Gasteiger partial charge in [0.1, 0.15) is 0 Å². The predicted octanol–water partition coefficient (Wildman–Crippen LogP) is 3.35. The van der Waals surface area contributed by atoms with Crippen LogP contribution in [0.1, 0.15) is 5.56 Å². The van der Waals surface area contributed by atoms with Gasteiger partial charge in [-0.2, -0.15) is 0 Å². The molecule has 2 aromatic rings. The second-order valence-corrected chi connectivity index (χ2v) is 4.35. The highest BCUT2D eigenvalue weighted by Gasteiger charge is 2.17. The molecule has 1 N–H and O–H groups in total. The van der Waals surface area contributed by atoms with Gasteiger partial charge in [0.2, 0.25) is 5.75 Å². The maximum atomic E-state index is 14.1. The highest BCUT2D eigenvalue weighted by molar-refractivity contribution is 5.54. The van der Waals surface area contributed by atoms with Gasteiger partial charge in [-0.1, -0.05) is 18.2 Å². The first kappa shape index (κ1) is 15.1. The Bertz CT molecular complexity index is 594. The summed E-state index contributed by atoms with van der Waals surface area (Å²) in [6.45, 7) is 0.491. The third-order valence-corrected chi connectivity index (χ3v) is 3.00. The van der Waals surface area contributed by atoms with Crippen LogP contribution in [0.15, 0.2) is 36.4 Å². The molecule has 0 bridgehead atoms. The van der Waals surface area contributed by atoms with E-state index in [0.29, 0.717) is 29.4 Å². The minimum absolute atomic E-state index is 0.162. The first-order valence-corrected chi connectivity index (χ1v) is 6.52. The summed E-state index contributed by atoms with van der Waals surface area (Å²) >= 11 is 0. The Hall–Kier alpha value is -2.27. The van der Waals surface area contributed by atoms with E-state index in [2.05, 4.69) is 5.32 Å². The molecule has 112 valence electrons. The van der Waals surface area contributed by atoms with E-state index in [1.54, 1.807) is 37.4 Å². The SMILES string of the molecule is CNCc1cccc(F)c1Oc1c(OC)cccc1OC. The number of benzene rings is 2. The Morgan fingerprint density at radius 2 is 1.57 bits per heavy atom. The third-order valence-electron chi connectivity index (χ3n) is 3.00. The minimum Gasteiger partial charge on any atom is -0.493 e. The summed E-state index contributed by atoms with van der Waals surface area (Å²) in [6, 6.07) is 10.1. The molecule has 2 aromatic carbocycles. The van der Waals surface area contributed by atoms with Crippen molar-refractivity contribution in [3.05, 3.63) is 47.8 Å². The van der Waals surface area contributed by atoms with Crippen LogP contribution in [-0.4, -0.2) is 21.3 Å². The Kier molecular flexibility index (Phi) is 5.00. The van der Waals surface area contributed by atoms with E-state index in [1.165, 1.54) is 20.3 Å². The topological polar surface area (TPSA) is 39.7 Å². The minimum atomic E-state index is -0.435. The van der Waals surface area contributed by atoms with Crippen molar-refractivity contribution in [2.45, 2.75) is 6.54 Å². The molecule has 2 rings (SSSR count). The molecule has 0 fully saturated rings. The van der Waals surface area contributed by atoms with Crippen molar-refractivity contribution in [1.29, 1.82) is 0 Å². The molecule has 0 heterocycles. The van der Waals surface area contributed by atoms with Crippen LogP contribution in [-0.2, 0) is 6.54 Å². The van der Waals surface area contributed by atoms with Crippen LogP contribution in [0.2, 0.25) is 0 Å². The van der Waals surface area contributed by atoms with Gasteiger partial charge in [-0.15, -0.1) is 0 Å². The zero-order chi connectivity index (χ0) is 15.2. The monoisotopic (exact) mass is 291 g/mol. The number of hydrogen-bond acceptors (Lipinski definition) is 4. The molecule has 0 saturated carbocycles. The summed E-state index contributed by atoms with van der Waals surface area (Å²) in [5.74, 6) is 1.04. The van der Waals surface area contributed by atoms with Crippen molar-refractivity contribution in [1.82, 2.24) is 5.32 Å². The maximum absolute atomic E-state index is 14.1. The summed E-state index contributed by atoms with van der Waals surface area (Å²) in [5, 5.41) is 2.99. The van der Waals surface area contributed by atoms with Gasteiger partial charge in [-0.25, -0.2) is 4.39 Å². The largest absolute Gasteiger partial charge is 0.493 e. The highest BCUT2D eigenvalue weighted by atomic mass is 19.1. The van der Waals surface area contributed by atoms with Crippen molar-refractivity contribution >= 4 is 0 Å². The van der Waals surface area contributed by atoms with Crippen LogP contribution in [0.4, 0.5) is 4.39 Å². The molecule has 0 aliphatic carbocycles. The first-order valence-electron chi connectivity index (χ1n) is 6.52. The Morgan fingerprint density at radius 3 is 2.14 bits per heavy atom. The normalized spacial score (nSPS) is 10.3. The van der Waals surface area contributed by atoms with Crippen LogP contribution in [0.5, 0.6) is 23.0 Å². The van der Waals surface area contributed by atoms with Crippen molar-refractivity contribution < 1.29 is 18.6 Å². The summed E-state index contributed by atoms with van der Waals surface area (Å²) < 4.78 is 30.4. The van der Waals surface area contributed by atoms with Crippen LogP contribution in [0, 0.1) is 5.82 Å². The van der Waals surface area contributed by atoms with Crippen molar-refractivity contribution in [2.24, 2.45) is 0 Å². The van der Waals surface area contributed by atoms with E-state index in [4.69, 9.17) is 14.2 Å². The number of rotatable bonds is 6. The quantitative estimate of drug-likeness (QED) is 0.886. The van der Waals surface area contributed by atoms with E-state index in [0.717, 1.165) is 0 Å². The van der Waals surface area contributed by atoms with Crippen molar-refractivity contribution in [3.8, 4) is 23.0 Å². The molecule has 0 atom stereocenters. The molecule has 4 nitrogen and oxygen atoms in total. The van der Waals surface area contributed by atoms with E-state index < -0.39 is 5.82 Å². The van der Waals surface area contributed by atoms with E-state index in [-0.39, 0.29) is 5.75 Å². The predicted molar refractivity (Wildman–Crippen MR) is 78.8 cm³/mol. The lowest BCUT2D eigenvalue weighted by Gasteiger charge is -2.16. The van der Waals surface area contributed by atoms with Gasteiger partial charge in [-0.3, -0.25) is 0 Å². The van der Waals surface area contributed by atoms with Crippen LogP contribution < -0.4 is 19.5 Å². The average Bonchev–Trinajstić information content (AvgIpc) is 2.50. The molecule has 0 unspecified atom stereocenters. The molecular formula is C16H18FNO3. The lowest BCUT2D eigenvalue weighted by molar-refractivity contribution is 0.338. The van der Waals surface area contributed by atoms with Gasteiger partial charge in [-0.05, 0) is 25.2 Å².